The summed E-state index contributed by atoms with van der Waals surface area (Å²) in [6.45, 7) is 7.74. The number of carbonyl (C=O) groups is 2. The lowest BCUT2D eigenvalue weighted by Gasteiger charge is -2.54. The number of rotatable bonds is 4. The Labute approximate surface area is 161 Å². The highest BCUT2D eigenvalue weighted by atomic mass is 16.6. The number of phenolic OH excluding ortho intramolecular Hbond substituents is 1. The Balaban J connectivity index is 1.89. The SMILES string of the molecule is CCOC(=O)[C@@H](C)OC(=O)[C@@]1(C)CCC[C@]2(C)c3cc(O)ccc3CC[C@@H]12. The zero-order valence-corrected chi connectivity index (χ0v) is 16.7. The lowest BCUT2D eigenvalue weighted by atomic mass is 9.50. The number of esters is 2. The van der Waals surface area contributed by atoms with E-state index in [1.807, 2.05) is 19.1 Å². The fourth-order valence-electron chi connectivity index (χ4n) is 5.30. The average molecular weight is 374 g/mol. The monoisotopic (exact) mass is 374 g/mol. The first-order valence-corrected chi connectivity index (χ1v) is 9.92. The highest BCUT2D eigenvalue weighted by Gasteiger charge is 2.56. The number of benzene rings is 1. The van der Waals surface area contributed by atoms with Gasteiger partial charge >= 0.3 is 11.9 Å². The van der Waals surface area contributed by atoms with Gasteiger partial charge in [-0.25, -0.2) is 4.79 Å². The van der Waals surface area contributed by atoms with Gasteiger partial charge in [-0.1, -0.05) is 19.4 Å². The second-order valence-electron chi connectivity index (χ2n) is 8.42. The second kappa shape index (κ2) is 7.17. The maximum Gasteiger partial charge on any atom is 0.347 e. The molecule has 1 saturated carbocycles. The predicted octanol–water partition coefficient (Wildman–Crippen LogP) is 3.90. The molecule has 0 aliphatic heterocycles. The van der Waals surface area contributed by atoms with E-state index < -0.39 is 17.5 Å². The Morgan fingerprint density at radius 3 is 2.74 bits per heavy atom. The summed E-state index contributed by atoms with van der Waals surface area (Å²) >= 11 is 0. The largest absolute Gasteiger partial charge is 0.508 e. The standard InChI is InChI=1S/C22H30O5/c1-5-26-19(24)14(2)27-20(25)22(4)12-6-11-21(3)17-13-16(23)9-7-15(17)8-10-18(21)22/h7,9,13-14,18,23H,5-6,8,10-12H2,1-4H3/t14-,18-,21-,22+/m1/s1. The van der Waals surface area contributed by atoms with Gasteiger partial charge in [0.2, 0.25) is 0 Å². The van der Waals surface area contributed by atoms with Crippen molar-refractivity contribution in [2.75, 3.05) is 6.61 Å². The van der Waals surface area contributed by atoms with Gasteiger partial charge in [0.25, 0.3) is 0 Å². The van der Waals surface area contributed by atoms with Crippen molar-refractivity contribution in [2.45, 2.75) is 71.3 Å². The normalized spacial score (nSPS) is 30.6. The van der Waals surface area contributed by atoms with Crippen molar-refractivity contribution in [3.8, 4) is 5.75 Å². The molecule has 0 spiro atoms. The van der Waals surface area contributed by atoms with E-state index in [9.17, 15) is 14.7 Å². The van der Waals surface area contributed by atoms with Crippen LogP contribution in [0.25, 0.3) is 0 Å². The summed E-state index contributed by atoms with van der Waals surface area (Å²) in [5.74, 6) is -0.453. The van der Waals surface area contributed by atoms with Crippen LogP contribution in [0.2, 0.25) is 0 Å². The van der Waals surface area contributed by atoms with Crippen LogP contribution in [0.1, 0.15) is 64.5 Å². The first kappa shape index (κ1) is 19.7. The van der Waals surface area contributed by atoms with E-state index in [4.69, 9.17) is 9.47 Å². The van der Waals surface area contributed by atoms with Crippen LogP contribution in [0, 0.1) is 11.3 Å². The number of hydrogen-bond acceptors (Lipinski definition) is 5. The summed E-state index contributed by atoms with van der Waals surface area (Å²) in [6, 6.07) is 5.60. The predicted molar refractivity (Wildman–Crippen MR) is 101 cm³/mol. The molecule has 1 aromatic rings. The Morgan fingerprint density at radius 2 is 2.04 bits per heavy atom. The smallest absolute Gasteiger partial charge is 0.347 e. The van der Waals surface area contributed by atoms with E-state index >= 15 is 0 Å². The molecule has 4 atom stereocenters. The van der Waals surface area contributed by atoms with Gasteiger partial charge in [-0.15, -0.1) is 0 Å². The van der Waals surface area contributed by atoms with Gasteiger partial charge in [0.05, 0.1) is 12.0 Å². The summed E-state index contributed by atoms with van der Waals surface area (Å²) in [4.78, 5) is 25.0. The third-order valence-electron chi connectivity index (χ3n) is 6.71. The van der Waals surface area contributed by atoms with Crippen molar-refractivity contribution in [2.24, 2.45) is 11.3 Å². The van der Waals surface area contributed by atoms with Crippen LogP contribution < -0.4 is 0 Å². The molecule has 0 radical (unpaired) electrons. The fraction of sp³-hybridized carbons (Fsp3) is 0.636. The van der Waals surface area contributed by atoms with Crippen molar-refractivity contribution in [1.29, 1.82) is 0 Å². The van der Waals surface area contributed by atoms with Gasteiger partial charge in [0.1, 0.15) is 5.75 Å². The van der Waals surface area contributed by atoms with Crippen molar-refractivity contribution >= 4 is 11.9 Å². The minimum Gasteiger partial charge on any atom is -0.508 e. The van der Waals surface area contributed by atoms with Crippen molar-refractivity contribution in [3.63, 3.8) is 0 Å². The molecule has 1 fully saturated rings. The number of phenols is 1. The van der Waals surface area contributed by atoms with Crippen molar-refractivity contribution < 1.29 is 24.2 Å². The van der Waals surface area contributed by atoms with Crippen LogP contribution in [-0.4, -0.2) is 29.8 Å². The third kappa shape index (κ3) is 3.32. The van der Waals surface area contributed by atoms with E-state index in [-0.39, 0.29) is 29.7 Å². The highest BCUT2D eigenvalue weighted by molar-refractivity contribution is 5.82. The zero-order chi connectivity index (χ0) is 19.8. The van der Waals surface area contributed by atoms with Gasteiger partial charge in [0, 0.05) is 0 Å². The first-order chi connectivity index (χ1) is 12.7. The minimum atomic E-state index is -0.901. The third-order valence-corrected chi connectivity index (χ3v) is 6.71. The second-order valence-corrected chi connectivity index (χ2v) is 8.42. The minimum absolute atomic E-state index is 0.106. The Kier molecular flexibility index (Phi) is 5.24. The molecule has 0 amide bonds. The summed E-state index contributed by atoms with van der Waals surface area (Å²) < 4.78 is 10.5. The zero-order valence-electron chi connectivity index (χ0n) is 16.7. The lowest BCUT2D eigenvalue weighted by Crippen LogP contribution is -2.53. The molecular formula is C22H30O5. The molecule has 0 bridgehead atoms. The summed E-state index contributed by atoms with van der Waals surface area (Å²) in [6.07, 6.45) is 3.50. The van der Waals surface area contributed by atoms with Crippen LogP contribution in [0.3, 0.4) is 0 Å². The van der Waals surface area contributed by atoms with E-state index in [2.05, 4.69) is 6.92 Å². The van der Waals surface area contributed by atoms with E-state index in [1.165, 1.54) is 5.56 Å². The number of ether oxygens (including phenoxy) is 2. The average Bonchev–Trinajstić information content (AvgIpc) is 2.62. The van der Waals surface area contributed by atoms with Crippen LogP contribution in [0.4, 0.5) is 0 Å². The lowest BCUT2D eigenvalue weighted by molar-refractivity contribution is -0.179. The first-order valence-electron chi connectivity index (χ1n) is 9.92. The summed E-state index contributed by atoms with van der Waals surface area (Å²) in [5, 5.41) is 10.0. The number of hydrogen-bond donors (Lipinski definition) is 1. The van der Waals surface area contributed by atoms with Crippen molar-refractivity contribution in [1.82, 2.24) is 0 Å². The van der Waals surface area contributed by atoms with Gasteiger partial charge in [-0.3, -0.25) is 4.79 Å². The van der Waals surface area contributed by atoms with Crippen molar-refractivity contribution in [3.05, 3.63) is 29.3 Å². The van der Waals surface area contributed by atoms with Gasteiger partial charge in [0.15, 0.2) is 6.10 Å². The van der Waals surface area contributed by atoms with Gasteiger partial charge < -0.3 is 14.6 Å². The van der Waals surface area contributed by atoms with Gasteiger partial charge in [-0.05, 0) is 81.0 Å². The molecular weight excluding hydrogens is 344 g/mol. The van der Waals surface area contributed by atoms with Gasteiger partial charge in [-0.2, -0.15) is 0 Å². The number of carbonyl (C=O) groups excluding carboxylic acids is 2. The van der Waals surface area contributed by atoms with Crippen LogP contribution in [0.15, 0.2) is 18.2 Å². The molecule has 3 rings (SSSR count). The molecule has 0 unspecified atom stereocenters. The maximum atomic E-state index is 13.1. The van der Waals surface area contributed by atoms with E-state index in [0.29, 0.717) is 0 Å². The molecule has 148 valence electrons. The molecule has 5 heteroatoms. The van der Waals surface area contributed by atoms with E-state index in [1.54, 1.807) is 19.9 Å². The number of aryl methyl sites for hydroxylation is 1. The summed E-state index contributed by atoms with van der Waals surface area (Å²) in [7, 11) is 0. The molecule has 1 aromatic carbocycles. The number of fused-ring (bicyclic) bond motifs is 3. The molecule has 5 nitrogen and oxygen atoms in total. The molecule has 0 aromatic heterocycles. The molecule has 27 heavy (non-hydrogen) atoms. The molecule has 1 N–H and O–H groups in total. The Bertz CT molecular complexity index is 742. The van der Waals surface area contributed by atoms with E-state index in [0.717, 1.165) is 37.7 Å². The Morgan fingerprint density at radius 1 is 1.30 bits per heavy atom. The maximum absolute atomic E-state index is 13.1. The van der Waals surface area contributed by atoms with Crippen LogP contribution >= 0.6 is 0 Å². The molecule has 2 aliphatic rings. The molecule has 2 aliphatic carbocycles. The number of aromatic hydroxyl groups is 1. The topological polar surface area (TPSA) is 72.8 Å². The Hall–Kier alpha value is -2.04. The molecule has 0 heterocycles. The highest BCUT2D eigenvalue weighted by Crippen LogP contribution is 2.58. The fourth-order valence-corrected chi connectivity index (χ4v) is 5.30. The quantitative estimate of drug-likeness (QED) is 0.809. The molecule has 0 saturated heterocycles. The van der Waals surface area contributed by atoms with Crippen LogP contribution in [0.5, 0.6) is 5.75 Å². The van der Waals surface area contributed by atoms with Crippen LogP contribution in [-0.2, 0) is 30.9 Å². The summed E-state index contributed by atoms with van der Waals surface area (Å²) in [5.41, 5.74) is 1.56.